The number of nitrogens with zero attached hydrogens (tertiary/aromatic N) is 2. The maximum atomic E-state index is 13.8. The number of rotatable bonds is 5. The van der Waals surface area contributed by atoms with Crippen LogP contribution in [0.5, 0.6) is 0 Å². The summed E-state index contributed by atoms with van der Waals surface area (Å²) in [6.45, 7) is 2.38. The van der Waals surface area contributed by atoms with E-state index in [-0.39, 0.29) is 13.1 Å². The van der Waals surface area contributed by atoms with E-state index in [1.165, 1.54) is 4.31 Å². The molecule has 26 heavy (non-hydrogen) atoms. The lowest BCUT2D eigenvalue weighted by molar-refractivity contribution is 0.204. The zero-order valence-electron chi connectivity index (χ0n) is 14.2. The minimum Gasteiger partial charge on any atom is -0.297 e. The lowest BCUT2D eigenvalue weighted by Gasteiger charge is -2.33. The highest BCUT2D eigenvalue weighted by Crippen LogP contribution is 2.21. The van der Waals surface area contributed by atoms with Crippen molar-refractivity contribution in [2.45, 2.75) is 4.90 Å². The number of benzene rings is 2. The molecule has 138 valence electrons. The predicted octanol–water partition coefficient (Wildman–Crippen LogP) is 2.98. The van der Waals surface area contributed by atoms with Gasteiger partial charge in [-0.25, -0.2) is 17.2 Å². The molecule has 0 amide bonds. The molecule has 1 aliphatic heterocycles. The molecule has 0 aromatic heterocycles. The van der Waals surface area contributed by atoms with E-state index in [1.54, 1.807) is 0 Å². The molecule has 1 aliphatic rings. The van der Waals surface area contributed by atoms with Crippen LogP contribution < -0.4 is 0 Å². The Morgan fingerprint density at radius 2 is 1.65 bits per heavy atom. The molecule has 1 fully saturated rings. The Kier molecular flexibility index (Phi) is 5.80. The van der Waals surface area contributed by atoms with Crippen LogP contribution >= 0.6 is 0 Å². The van der Waals surface area contributed by atoms with E-state index in [1.807, 2.05) is 42.5 Å². The molecule has 1 heterocycles. The molecule has 0 radical (unpaired) electrons. The first-order valence-corrected chi connectivity index (χ1v) is 9.80. The van der Waals surface area contributed by atoms with Crippen molar-refractivity contribution in [3.05, 3.63) is 71.8 Å². The monoisotopic (exact) mass is 378 g/mol. The van der Waals surface area contributed by atoms with Crippen LogP contribution in [0, 0.1) is 11.6 Å². The molecular formula is C19H20F2N2O2S. The van der Waals surface area contributed by atoms with Crippen molar-refractivity contribution in [2.24, 2.45) is 0 Å². The summed E-state index contributed by atoms with van der Waals surface area (Å²) in [6.07, 6.45) is 4.07. The lowest BCUT2D eigenvalue weighted by atomic mass is 10.2. The summed E-state index contributed by atoms with van der Waals surface area (Å²) in [6, 6.07) is 12.5. The second-order valence-electron chi connectivity index (χ2n) is 6.09. The average molecular weight is 378 g/mol. The number of halogens is 2. The van der Waals surface area contributed by atoms with E-state index in [2.05, 4.69) is 4.90 Å². The highest BCUT2D eigenvalue weighted by Gasteiger charge is 2.30. The first-order valence-electron chi connectivity index (χ1n) is 8.36. The van der Waals surface area contributed by atoms with Crippen LogP contribution in [0.15, 0.2) is 59.5 Å². The number of hydrogen-bond donors (Lipinski definition) is 0. The minimum atomic E-state index is -3.95. The van der Waals surface area contributed by atoms with Crippen molar-refractivity contribution < 1.29 is 17.2 Å². The van der Waals surface area contributed by atoms with Gasteiger partial charge in [-0.1, -0.05) is 42.5 Å². The summed E-state index contributed by atoms with van der Waals surface area (Å²) in [4.78, 5) is 1.66. The third-order valence-corrected chi connectivity index (χ3v) is 6.25. The molecular weight excluding hydrogens is 358 g/mol. The van der Waals surface area contributed by atoms with Gasteiger partial charge in [-0.2, -0.15) is 4.31 Å². The van der Waals surface area contributed by atoms with Gasteiger partial charge in [-0.3, -0.25) is 4.90 Å². The zero-order chi connectivity index (χ0) is 18.6. The fourth-order valence-electron chi connectivity index (χ4n) is 2.88. The van der Waals surface area contributed by atoms with E-state index in [4.69, 9.17) is 0 Å². The second-order valence-corrected chi connectivity index (χ2v) is 8.00. The fraction of sp³-hybridized carbons (Fsp3) is 0.263. The van der Waals surface area contributed by atoms with Crippen molar-refractivity contribution in [1.29, 1.82) is 0 Å². The lowest BCUT2D eigenvalue weighted by Crippen LogP contribution is -2.48. The number of piperazine rings is 1. The summed E-state index contributed by atoms with van der Waals surface area (Å²) in [7, 11) is -3.95. The summed E-state index contributed by atoms with van der Waals surface area (Å²) in [5.74, 6) is -1.85. The van der Waals surface area contributed by atoms with E-state index in [0.717, 1.165) is 17.7 Å². The standard InChI is InChI=1S/C19H20F2N2O2S/c20-17-8-9-19(18(21)15-17)26(24,25)23-13-11-22(12-14-23)10-4-7-16-5-2-1-3-6-16/h1-9,15H,10-14H2/b7-4+. The van der Waals surface area contributed by atoms with Crippen molar-refractivity contribution >= 4 is 16.1 Å². The Balaban J connectivity index is 1.58. The van der Waals surface area contributed by atoms with Gasteiger partial charge in [-0.15, -0.1) is 0 Å². The van der Waals surface area contributed by atoms with Crippen LogP contribution in [-0.4, -0.2) is 50.3 Å². The fourth-order valence-corrected chi connectivity index (χ4v) is 4.35. The summed E-state index contributed by atoms with van der Waals surface area (Å²) >= 11 is 0. The molecule has 0 bridgehead atoms. The van der Waals surface area contributed by atoms with E-state index in [9.17, 15) is 17.2 Å². The minimum absolute atomic E-state index is 0.276. The maximum Gasteiger partial charge on any atom is 0.246 e. The Labute approximate surface area is 152 Å². The smallest absolute Gasteiger partial charge is 0.246 e. The summed E-state index contributed by atoms with van der Waals surface area (Å²) < 4.78 is 53.2. The zero-order valence-corrected chi connectivity index (χ0v) is 15.0. The Hall–Kier alpha value is -2.09. The largest absolute Gasteiger partial charge is 0.297 e. The molecule has 0 aliphatic carbocycles. The molecule has 0 spiro atoms. The van der Waals surface area contributed by atoms with Crippen LogP contribution in [0.25, 0.3) is 6.08 Å². The predicted molar refractivity (Wildman–Crippen MR) is 97.0 cm³/mol. The molecule has 4 nitrogen and oxygen atoms in total. The van der Waals surface area contributed by atoms with Gasteiger partial charge in [0.2, 0.25) is 10.0 Å². The van der Waals surface area contributed by atoms with Crippen LogP contribution in [-0.2, 0) is 10.0 Å². The highest BCUT2D eigenvalue weighted by atomic mass is 32.2. The van der Waals surface area contributed by atoms with Crippen LogP contribution in [0.3, 0.4) is 0 Å². The summed E-state index contributed by atoms with van der Waals surface area (Å²) in [5.41, 5.74) is 1.11. The van der Waals surface area contributed by atoms with Gasteiger partial charge in [0.15, 0.2) is 0 Å². The molecule has 0 unspecified atom stereocenters. The topological polar surface area (TPSA) is 40.6 Å². The van der Waals surface area contributed by atoms with Crippen molar-refractivity contribution in [3.8, 4) is 0 Å². The van der Waals surface area contributed by atoms with Gasteiger partial charge in [0, 0.05) is 38.8 Å². The first kappa shape index (κ1) is 18.7. The van der Waals surface area contributed by atoms with Gasteiger partial charge in [0.1, 0.15) is 16.5 Å². The maximum absolute atomic E-state index is 13.8. The average Bonchev–Trinajstić information content (AvgIpc) is 2.63. The Morgan fingerprint density at radius 1 is 0.962 bits per heavy atom. The van der Waals surface area contributed by atoms with Crippen LogP contribution in [0.4, 0.5) is 8.78 Å². The number of sulfonamides is 1. The van der Waals surface area contributed by atoms with Gasteiger partial charge in [0.25, 0.3) is 0 Å². The molecule has 1 saturated heterocycles. The normalized spacial score (nSPS) is 17.0. The molecule has 0 atom stereocenters. The van der Waals surface area contributed by atoms with Crippen molar-refractivity contribution in [1.82, 2.24) is 9.21 Å². The van der Waals surface area contributed by atoms with Gasteiger partial charge in [0.05, 0.1) is 0 Å². The third-order valence-electron chi connectivity index (χ3n) is 4.32. The van der Waals surface area contributed by atoms with Gasteiger partial charge in [-0.05, 0) is 17.7 Å². The van der Waals surface area contributed by atoms with Gasteiger partial charge >= 0.3 is 0 Å². The van der Waals surface area contributed by atoms with E-state index < -0.39 is 26.6 Å². The molecule has 7 heteroatoms. The van der Waals surface area contributed by atoms with Crippen LogP contribution in [0.1, 0.15) is 5.56 Å². The highest BCUT2D eigenvalue weighted by molar-refractivity contribution is 7.89. The number of hydrogen-bond acceptors (Lipinski definition) is 3. The Bertz CT molecular complexity index is 878. The van der Waals surface area contributed by atoms with E-state index >= 15 is 0 Å². The Morgan fingerprint density at radius 3 is 2.31 bits per heavy atom. The SMILES string of the molecule is O=S(=O)(c1ccc(F)cc1F)N1CCN(C/C=C/c2ccccc2)CC1. The van der Waals surface area contributed by atoms with Gasteiger partial charge < -0.3 is 0 Å². The first-order chi connectivity index (χ1) is 12.5. The second kappa shape index (κ2) is 8.07. The molecule has 0 N–H and O–H groups in total. The molecule has 2 aromatic carbocycles. The molecule has 3 rings (SSSR count). The van der Waals surface area contributed by atoms with Crippen molar-refractivity contribution in [3.63, 3.8) is 0 Å². The van der Waals surface area contributed by atoms with Crippen LogP contribution in [0.2, 0.25) is 0 Å². The molecule has 0 saturated carbocycles. The van der Waals surface area contributed by atoms with Crippen molar-refractivity contribution in [2.75, 3.05) is 32.7 Å². The van der Waals surface area contributed by atoms with E-state index in [0.29, 0.717) is 25.7 Å². The summed E-state index contributed by atoms with van der Waals surface area (Å²) in [5, 5.41) is 0. The molecule has 2 aromatic rings. The quantitative estimate of drug-likeness (QED) is 0.803. The third kappa shape index (κ3) is 4.35.